The summed E-state index contributed by atoms with van der Waals surface area (Å²) in [6, 6.07) is 2.58. The van der Waals surface area contributed by atoms with E-state index in [1.807, 2.05) is 0 Å². The van der Waals surface area contributed by atoms with Crippen molar-refractivity contribution in [2.24, 2.45) is 0 Å². The smallest absolute Gasteiger partial charge is 0.0113 e. The summed E-state index contributed by atoms with van der Waals surface area (Å²) in [6.07, 6.45) is 12.8. The molecule has 1 N–H and O–H groups in total. The molecule has 0 aromatic rings. The van der Waals surface area contributed by atoms with Crippen LogP contribution in [0.5, 0.6) is 0 Å². The highest BCUT2D eigenvalue weighted by atomic mass is 15.3. The normalized spacial score (nSPS) is 33.6. The minimum absolute atomic E-state index is 0.788. The molecule has 3 heteroatoms. The Morgan fingerprint density at radius 1 is 0.810 bits per heavy atom. The van der Waals surface area contributed by atoms with Crippen LogP contribution in [0.25, 0.3) is 0 Å². The van der Waals surface area contributed by atoms with Crippen LogP contribution in [0.1, 0.15) is 64.7 Å². The third-order valence-electron chi connectivity index (χ3n) is 6.04. The van der Waals surface area contributed by atoms with E-state index < -0.39 is 0 Å². The van der Waals surface area contributed by atoms with Crippen molar-refractivity contribution < 1.29 is 0 Å². The number of nitrogens with one attached hydrogen (secondary N) is 1. The molecule has 0 bridgehead atoms. The van der Waals surface area contributed by atoms with E-state index in [-0.39, 0.29) is 0 Å². The van der Waals surface area contributed by atoms with Crippen LogP contribution < -0.4 is 5.32 Å². The molecule has 0 aromatic heterocycles. The maximum atomic E-state index is 3.76. The average Bonchev–Trinajstić information content (AvgIpc) is 3.08. The summed E-state index contributed by atoms with van der Waals surface area (Å²) in [7, 11) is 0. The Balaban J connectivity index is 1.43. The monoisotopic (exact) mass is 293 g/mol. The molecule has 3 nitrogen and oxygen atoms in total. The summed E-state index contributed by atoms with van der Waals surface area (Å²) in [4.78, 5) is 5.60. The first kappa shape index (κ1) is 15.8. The third kappa shape index (κ3) is 4.20. The van der Waals surface area contributed by atoms with Gasteiger partial charge in [-0.2, -0.15) is 0 Å². The van der Waals surface area contributed by atoms with Crippen LogP contribution >= 0.6 is 0 Å². The molecule has 122 valence electrons. The predicted molar refractivity (Wildman–Crippen MR) is 89.7 cm³/mol. The predicted octanol–water partition coefficient (Wildman–Crippen LogP) is 2.86. The quantitative estimate of drug-likeness (QED) is 0.841. The molecule has 2 aliphatic carbocycles. The van der Waals surface area contributed by atoms with Crippen molar-refractivity contribution in [1.29, 1.82) is 0 Å². The molecular formula is C18H35N3. The van der Waals surface area contributed by atoms with E-state index in [1.165, 1.54) is 90.5 Å². The van der Waals surface area contributed by atoms with Crippen molar-refractivity contribution in [2.75, 3.05) is 32.7 Å². The molecule has 2 saturated carbocycles. The molecule has 1 aliphatic heterocycles. The molecule has 1 saturated heterocycles. The molecule has 0 aromatic carbocycles. The molecule has 3 rings (SSSR count). The molecule has 3 aliphatic rings. The van der Waals surface area contributed by atoms with Gasteiger partial charge in [-0.25, -0.2) is 0 Å². The lowest BCUT2D eigenvalue weighted by Crippen LogP contribution is -2.54. The highest BCUT2D eigenvalue weighted by Gasteiger charge is 2.31. The van der Waals surface area contributed by atoms with Crippen LogP contribution in [0.3, 0.4) is 0 Å². The molecule has 3 fully saturated rings. The van der Waals surface area contributed by atoms with E-state index >= 15 is 0 Å². The molecule has 0 radical (unpaired) electrons. The van der Waals surface area contributed by atoms with Gasteiger partial charge in [0.2, 0.25) is 0 Å². The second kappa shape index (κ2) is 7.94. The van der Waals surface area contributed by atoms with E-state index in [0.29, 0.717) is 0 Å². The zero-order valence-corrected chi connectivity index (χ0v) is 14.0. The van der Waals surface area contributed by atoms with Crippen molar-refractivity contribution in [1.82, 2.24) is 15.1 Å². The van der Waals surface area contributed by atoms with Gasteiger partial charge in [0.05, 0.1) is 0 Å². The van der Waals surface area contributed by atoms with E-state index in [9.17, 15) is 0 Å². The Kier molecular flexibility index (Phi) is 5.96. The van der Waals surface area contributed by atoms with Crippen molar-refractivity contribution in [3.63, 3.8) is 0 Å². The Morgan fingerprint density at radius 2 is 1.43 bits per heavy atom. The zero-order valence-electron chi connectivity index (χ0n) is 14.0. The molecule has 0 spiro atoms. The molecule has 1 heterocycles. The molecule has 2 unspecified atom stereocenters. The fourth-order valence-corrected chi connectivity index (χ4v) is 4.77. The largest absolute Gasteiger partial charge is 0.314 e. The molecule has 21 heavy (non-hydrogen) atoms. The lowest BCUT2D eigenvalue weighted by atomic mass is 9.89. The van der Waals surface area contributed by atoms with Gasteiger partial charge < -0.3 is 5.32 Å². The van der Waals surface area contributed by atoms with Crippen molar-refractivity contribution in [3.8, 4) is 0 Å². The van der Waals surface area contributed by atoms with Crippen LogP contribution in [-0.2, 0) is 0 Å². The zero-order chi connectivity index (χ0) is 14.5. The second-order valence-corrected chi connectivity index (χ2v) is 7.48. The fraction of sp³-hybridized carbons (Fsp3) is 1.00. The first-order valence-corrected chi connectivity index (χ1v) is 9.58. The lowest BCUT2D eigenvalue weighted by Gasteiger charge is -2.44. The highest BCUT2D eigenvalue weighted by molar-refractivity contribution is 4.88. The van der Waals surface area contributed by atoms with Crippen molar-refractivity contribution in [2.45, 2.75) is 82.8 Å². The first-order chi connectivity index (χ1) is 10.4. The van der Waals surface area contributed by atoms with E-state index in [1.54, 1.807) is 0 Å². The van der Waals surface area contributed by atoms with Gasteiger partial charge in [-0.05, 0) is 45.1 Å². The van der Waals surface area contributed by atoms with Gasteiger partial charge in [0.15, 0.2) is 0 Å². The van der Waals surface area contributed by atoms with Gasteiger partial charge in [-0.3, -0.25) is 9.80 Å². The Labute approximate surface area is 131 Å². The Morgan fingerprint density at radius 3 is 2.10 bits per heavy atom. The summed E-state index contributed by atoms with van der Waals surface area (Å²) in [5.41, 5.74) is 0. The Hall–Kier alpha value is -0.120. The molecule has 2 atom stereocenters. The first-order valence-electron chi connectivity index (χ1n) is 9.58. The number of piperazine rings is 1. The summed E-state index contributed by atoms with van der Waals surface area (Å²) < 4.78 is 0. The average molecular weight is 293 g/mol. The lowest BCUT2D eigenvalue weighted by molar-refractivity contribution is 0.0526. The van der Waals surface area contributed by atoms with Crippen LogP contribution in [0.4, 0.5) is 0 Å². The highest BCUT2D eigenvalue weighted by Crippen LogP contribution is 2.27. The summed E-state index contributed by atoms with van der Waals surface area (Å²) in [5, 5.41) is 3.76. The van der Waals surface area contributed by atoms with Crippen LogP contribution in [0, 0.1) is 0 Å². The Bertz CT molecular complexity index is 293. The van der Waals surface area contributed by atoms with Gasteiger partial charge >= 0.3 is 0 Å². The minimum atomic E-state index is 0.788. The standard InChI is InChI=1S/C18H35N3/c1-2-10-19-16-6-5-9-18(15-16)21-13-11-20(12-14-21)17-7-3-4-8-17/h16-19H,2-15H2,1H3. The summed E-state index contributed by atoms with van der Waals surface area (Å²) in [5.74, 6) is 0. The topological polar surface area (TPSA) is 18.5 Å². The van der Waals surface area contributed by atoms with Gasteiger partial charge in [0.1, 0.15) is 0 Å². The van der Waals surface area contributed by atoms with Gasteiger partial charge in [0.25, 0.3) is 0 Å². The van der Waals surface area contributed by atoms with Crippen LogP contribution in [0.2, 0.25) is 0 Å². The summed E-state index contributed by atoms with van der Waals surface area (Å²) in [6.45, 7) is 8.77. The van der Waals surface area contributed by atoms with E-state index in [0.717, 1.165) is 18.1 Å². The van der Waals surface area contributed by atoms with E-state index in [2.05, 4.69) is 22.0 Å². The molecular weight excluding hydrogens is 258 g/mol. The van der Waals surface area contributed by atoms with Crippen molar-refractivity contribution >= 4 is 0 Å². The SMILES string of the molecule is CCCNC1CCCC(N2CCN(C3CCCC3)CC2)C1. The molecule has 0 amide bonds. The number of rotatable bonds is 5. The van der Waals surface area contributed by atoms with Crippen LogP contribution in [0.15, 0.2) is 0 Å². The van der Waals surface area contributed by atoms with E-state index in [4.69, 9.17) is 0 Å². The van der Waals surface area contributed by atoms with Gasteiger partial charge in [-0.15, -0.1) is 0 Å². The minimum Gasteiger partial charge on any atom is -0.314 e. The summed E-state index contributed by atoms with van der Waals surface area (Å²) >= 11 is 0. The fourth-order valence-electron chi connectivity index (χ4n) is 4.77. The van der Waals surface area contributed by atoms with Gasteiger partial charge in [0, 0.05) is 44.3 Å². The number of nitrogens with zero attached hydrogens (tertiary/aromatic N) is 2. The van der Waals surface area contributed by atoms with Crippen molar-refractivity contribution in [3.05, 3.63) is 0 Å². The second-order valence-electron chi connectivity index (χ2n) is 7.48. The maximum Gasteiger partial charge on any atom is 0.0113 e. The third-order valence-corrected chi connectivity index (χ3v) is 6.04. The van der Waals surface area contributed by atoms with Gasteiger partial charge in [-0.1, -0.05) is 26.2 Å². The number of hydrogen-bond acceptors (Lipinski definition) is 3. The maximum absolute atomic E-state index is 3.76. The number of hydrogen-bond donors (Lipinski definition) is 1. The van der Waals surface area contributed by atoms with Crippen LogP contribution in [-0.4, -0.2) is 60.6 Å².